The van der Waals surface area contributed by atoms with Crippen LogP contribution in [0.1, 0.15) is 45.1 Å². The summed E-state index contributed by atoms with van der Waals surface area (Å²) in [6, 6.07) is 5.65. The minimum atomic E-state index is -1.34. The lowest BCUT2D eigenvalue weighted by atomic mass is 9.90. The number of rotatable bonds is 8. The van der Waals surface area contributed by atoms with E-state index in [-0.39, 0.29) is 11.4 Å². The highest BCUT2D eigenvalue weighted by Gasteiger charge is 2.49. The molecule has 27 heavy (non-hydrogen) atoms. The van der Waals surface area contributed by atoms with E-state index in [0.717, 1.165) is 24.8 Å². The topological polar surface area (TPSA) is 71.0 Å². The van der Waals surface area contributed by atoms with E-state index in [1.54, 1.807) is 19.1 Å². The van der Waals surface area contributed by atoms with Crippen LogP contribution in [0.15, 0.2) is 18.2 Å². The van der Waals surface area contributed by atoms with E-state index < -0.39 is 5.60 Å². The second-order valence-corrected chi connectivity index (χ2v) is 8.18. The van der Waals surface area contributed by atoms with Gasteiger partial charge in [-0.2, -0.15) is 0 Å². The Morgan fingerprint density at radius 2 is 1.96 bits per heavy atom. The first kappa shape index (κ1) is 20.0. The minimum absolute atomic E-state index is 0.0916. The van der Waals surface area contributed by atoms with Crippen molar-refractivity contribution in [1.82, 2.24) is 10.2 Å². The van der Waals surface area contributed by atoms with E-state index in [1.165, 1.54) is 0 Å². The first-order valence-electron chi connectivity index (χ1n) is 9.82. The number of ether oxygens (including phenoxy) is 2. The minimum Gasteiger partial charge on any atom is -0.493 e. The van der Waals surface area contributed by atoms with Gasteiger partial charge in [0.1, 0.15) is 0 Å². The molecule has 0 spiro atoms. The molecule has 2 fully saturated rings. The van der Waals surface area contributed by atoms with Gasteiger partial charge in [-0.25, -0.2) is 0 Å². The summed E-state index contributed by atoms with van der Waals surface area (Å²) in [5.74, 6) is 1.57. The maximum Gasteiger partial charge on any atom is 0.256 e. The Balaban J connectivity index is 1.72. The van der Waals surface area contributed by atoms with E-state index in [9.17, 15) is 9.90 Å². The summed E-state index contributed by atoms with van der Waals surface area (Å²) in [5.41, 5.74) is -0.369. The number of piperidine rings is 1. The Labute approximate surface area is 161 Å². The fourth-order valence-corrected chi connectivity index (χ4v) is 4.08. The molecular formula is C21H32N2O4. The number of aliphatic hydroxyl groups is 1. The largest absolute Gasteiger partial charge is 0.493 e. The monoisotopic (exact) mass is 376 g/mol. The second-order valence-electron chi connectivity index (χ2n) is 8.18. The van der Waals surface area contributed by atoms with Gasteiger partial charge in [0, 0.05) is 30.7 Å². The number of nitrogens with one attached hydrogen (secondary N) is 1. The number of benzene rings is 1. The third kappa shape index (κ3) is 3.92. The average molecular weight is 376 g/mol. The molecule has 6 nitrogen and oxygen atoms in total. The quantitative estimate of drug-likeness (QED) is 0.729. The number of methoxy groups -OCH3 is 2. The van der Waals surface area contributed by atoms with Gasteiger partial charge in [-0.1, -0.05) is 26.0 Å². The third-order valence-electron chi connectivity index (χ3n) is 6.18. The van der Waals surface area contributed by atoms with Gasteiger partial charge in [0.05, 0.1) is 14.2 Å². The highest BCUT2D eigenvalue weighted by Crippen LogP contribution is 2.42. The molecule has 1 aromatic rings. The molecule has 1 amide bonds. The number of nitrogens with zero attached hydrogens (tertiary/aromatic N) is 1. The van der Waals surface area contributed by atoms with Crippen LogP contribution in [0.2, 0.25) is 0 Å². The van der Waals surface area contributed by atoms with Crippen LogP contribution in [0.3, 0.4) is 0 Å². The molecule has 0 aromatic heterocycles. The molecule has 1 saturated heterocycles. The lowest BCUT2D eigenvalue weighted by Crippen LogP contribution is -2.59. The lowest BCUT2D eigenvalue weighted by molar-refractivity contribution is -0.157. The Bertz CT molecular complexity index is 687. The van der Waals surface area contributed by atoms with Crippen LogP contribution in [0.25, 0.3) is 0 Å². The van der Waals surface area contributed by atoms with Gasteiger partial charge in [-0.15, -0.1) is 0 Å². The third-order valence-corrected chi connectivity index (χ3v) is 6.18. The molecule has 1 unspecified atom stereocenters. The molecule has 3 rings (SSSR count). The predicted octanol–water partition coefficient (Wildman–Crippen LogP) is 2.34. The molecule has 2 aliphatic rings. The summed E-state index contributed by atoms with van der Waals surface area (Å²) >= 11 is 0. The van der Waals surface area contributed by atoms with Gasteiger partial charge in [-0.05, 0) is 37.7 Å². The van der Waals surface area contributed by atoms with Crippen molar-refractivity contribution in [3.05, 3.63) is 23.8 Å². The molecule has 2 N–H and O–H groups in total. The molecule has 1 atom stereocenters. The zero-order chi connectivity index (χ0) is 19.7. The van der Waals surface area contributed by atoms with E-state index in [4.69, 9.17) is 9.47 Å². The Morgan fingerprint density at radius 1 is 1.22 bits per heavy atom. The SMILES string of the molecule is COc1cccc(CN2CCCC(O)(CNC3(C(C)C)CC3)C2=O)c1OC. The number of carbonyl (C=O) groups is 1. The number of carbonyl (C=O) groups excluding carboxylic acids is 1. The van der Waals surface area contributed by atoms with Gasteiger partial charge >= 0.3 is 0 Å². The number of hydrogen-bond donors (Lipinski definition) is 2. The van der Waals surface area contributed by atoms with Crippen molar-refractivity contribution >= 4 is 5.91 Å². The van der Waals surface area contributed by atoms with Gasteiger partial charge in [0.15, 0.2) is 17.1 Å². The fraction of sp³-hybridized carbons (Fsp3) is 0.667. The molecule has 1 aliphatic heterocycles. The number of amides is 1. The molecule has 1 aliphatic carbocycles. The summed E-state index contributed by atoms with van der Waals surface area (Å²) in [7, 11) is 3.20. The summed E-state index contributed by atoms with van der Waals surface area (Å²) in [6.45, 7) is 5.73. The summed E-state index contributed by atoms with van der Waals surface area (Å²) < 4.78 is 10.8. The maximum absolute atomic E-state index is 13.1. The van der Waals surface area contributed by atoms with Crippen molar-refractivity contribution in [3.63, 3.8) is 0 Å². The smallest absolute Gasteiger partial charge is 0.256 e. The molecule has 150 valence electrons. The van der Waals surface area contributed by atoms with E-state index >= 15 is 0 Å². The molecule has 1 heterocycles. The lowest BCUT2D eigenvalue weighted by Gasteiger charge is -2.39. The van der Waals surface area contributed by atoms with Crippen LogP contribution in [-0.2, 0) is 11.3 Å². The zero-order valence-electron chi connectivity index (χ0n) is 16.9. The van der Waals surface area contributed by atoms with E-state index in [1.807, 2.05) is 18.2 Å². The zero-order valence-corrected chi connectivity index (χ0v) is 16.9. The van der Waals surface area contributed by atoms with Gasteiger partial charge in [0.25, 0.3) is 5.91 Å². The summed E-state index contributed by atoms with van der Waals surface area (Å²) in [4.78, 5) is 14.8. The highest BCUT2D eigenvalue weighted by atomic mass is 16.5. The predicted molar refractivity (Wildman–Crippen MR) is 104 cm³/mol. The van der Waals surface area contributed by atoms with E-state index in [0.29, 0.717) is 43.5 Å². The maximum atomic E-state index is 13.1. The molecule has 0 radical (unpaired) electrons. The van der Waals surface area contributed by atoms with Crippen molar-refractivity contribution in [2.24, 2.45) is 5.92 Å². The molecule has 6 heteroatoms. The number of β-amino-alcohol motifs (C(OH)–C–C–N with tert-alkyl or cyclic N) is 1. The average Bonchev–Trinajstić information content (AvgIpc) is 3.45. The van der Waals surface area contributed by atoms with Crippen LogP contribution in [0.5, 0.6) is 11.5 Å². The Morgan fingerprint density at radius 3 is 2.56 bits per heavy atom. The van der Waals surface area contributed by atoms with Gasteiger partial charge in [0.2, 0.25) is 0 Å². The van der Waals surface area contributed by atoms with Crippen molar-refractivity contribution in [2.75, 3.05) is 27.3 Å². The summed E-state index contributed by atoms with van der Waals surface area (Å²) in [5, 5.41) is 14.6. The van der Waals surface area contributed by atoms with Gasteiger partial charge < -0.3 is 24.8 Å². The van der Waals surface area contributed by atoms with Crippen LogP contribution in [0.4, 0.5) is 0 Å². The Kier molecular flexibility index (Phi) is 5.68. The standard InChI is InChI=1S/C21H32N2O4/c1-15(2)20(10-11-20)22-14-21(25)9-6-12-23(19(21)24)13-16-7-5-8-17(26-3)18(16)27-4/h5,7-8,15,22,25H,6,9-14H2,1-4H3. The molecule has 0 bridgehead atoms. The second kappa shape index (κ2) is 7.68. The molecule has 1 saturated carbocycles. The fourth-order valence-electron chi connectivity index (χ4n) is 4.08. The van der Waals surface area contributed by atoms with Crippen molar-refractivity contribution < 1.29 is 19.4 Å². The highest BCUT2D eigenvalue weighted by molar-refractivity contribution is 5.86. The first-order chi connectivity index (χ1) is 12.8. The molecular weight excluding hydrogens is 344 g/mol. The number of likely N-dealkylation sites (tertiary alicyclic amines) is 1. The van der Waals surface area contributed by atoms with Crippen molar-refractivity contribution in [1.29, 1.82) is 0 Å². The first-order valence-corrected chi connectivity index (χ1v) is 9.82. The van der Waals surface area contributed by atoms with Crippen molar-refractivity contribution in [2.45, 2.75) is 57.2 Å². The number of para-hydroxylation sites is 1. The van der Waals surface area contributed by atoms with Crippen LogP contribution >= 0.6 is 0 Å². The van der Waals surface area contributed by atoms with Crippen LogP contribution in [-0.4, -0.2) is 54.4 Å². The Hall–Kier alpha value is -1.79. The van der Waals surface area contributed by atoms with E-state index in [2.05, 4.69) is 19.2 Å². The molecule has 1 aromatic carbocycles. The van der Waals surface area contributed by atoms with Gasteiger partial charge in [-0.3, -0.25) is 4.79 Å². The summed E-state index contributed by atoms with van der Waals surface area (Å²) in [6.07, 6.45) is 3.50. The normalized spacial score (nSPS) is 24.2. The van der Waals surface area contributed by atoms with Crippen LogP contribution in [0, 0.1) is 5.92 Å². The van der Waals surface area contributed by atoms with Crippen LogP contribution < -0.4 is 14.8 Å². The van der Waals surface area contributed by atoms with Crippen molar-refractivity contribution in [3.8, 4) is 11.5 Å². The number of hydrogen-bond acceptors (Lipinski definition) is 5.